The van der Waals surface area contributed by atoms with E-state index in [0.29, 0.717) is 5.56 Å². The van der Waals surface area contributed by atoms with E-state index in [4.69, 9.17) is 4.74 Å². The van der Waals surface area contributed by atoms with Gasteiger partial charge in [-0.2, -0.15) is 0 Å². The predicted molar refractivity (Wildman–Crippen MR) is 100 cm³/mol. The van der Waals surface area contributed by atoms with E-state index < -0.39 is 23.4 Å². The number of aryl methyl sites for hydroxylation is 1. The second-order valence-corrected chi connectivity index (χ2v) is 6.85. The van der Waals surface area contributed by atoms with E-state index in [2.05, 4.69) is 37.2 Å². The largest absolute Gasteiger partial charge is 0.507 e. The van der Waals surface area contributed by atoms with E-state index in [1.54, 1.807) is 19.1 Å². The van der Waals surface area contributed by atoms with Gasteiger partial charge in [0.15, 0.2) is 6.61 Å². The third-order valence-electron chi connectivity index (χ3n) is 3.29. The number of para-hydroxylation sites is 1. The Morgan fingerprint density at radius 1 is 1.27 bits per heavy atom. The molecule has 0 unspecified atom stereocenters. The first-order chi connectivity index (χ1) is 12.2. The van der Waals surface area contributed by atoms with Crippen molar-refractivity contribution in [3.05, 3.63) is 60.5 Å². The molecule has 2 rings (SSSR count). The smallest absolute Gasteiger partial charge is 0.342 e. The van der Waals surface area contributed by atoms with Gasteiger partial charge in [-0.3, -0.25) is 14.9 Å². The number of nitro groups is 1. The number of esters is 1. The Kier molecular flexibility index (Phi) is 6.32. The number of hydrogen-bond donors (Lipinski definition) is 2. The first-order valence-corrected chi connectivity index (χ1v) is 8.68. The van der Waals surface area contributed by atoms with Gasteiger partial charge in [0, 0.05) is 21.1 Å². The van der Waals surface area contributed by atoms with Crippen LogP contribution in [0.3, 0.4) is 0 Å². The van der Waals surface area contributed by atoms with Crippen LogP contribution in [0, 0.1) is 17.0 Å². The number of hydrogen-bond acceptors (Lipinski definition) is 6. The fourth-order valence-electron chi connectivity index (χ4n) is 1.99. The van der Waals surface area contributed by atoms with Crippen molar-refractivity contribution in [1.29, 1.82) is 0 Å². The van der Waals surface area contributed by atoms with Crippen LogP contribution in [0.4, 0.5) is 11.4 Å². The Bertz CT molecular complexity index is 877. The number of aromatic hydroxyl groups is 1. The quantitative estimate of drug-likeness (QED) is 0.374. The molecule has 0 aliphatic carbocycles. The van der Waals surface area contributed by atoms with Crippen molar-refractivity contribution in [3.8, 4) is 5.75 Å². The highest BCUT2D eigenvalue weighted by Gasteiger charge is 2.18. The normalized spacial score (nSPS) is 10.3. The average Bonchev–Trinajstić information content (AvgIpc) is 2.58. The molecule has 2 aromatic rings. The van der Waals surface area contributed by atoms with Gasteiger partial charge in [0.2, 0.25) is 0 Å². The van der Waals surface area contributed by atoms with Crippen LogP contribution in [-0.4, -0.2) is 28.5 Å². The van der Waals surface area contributed by atoms with Crippen molar-refractivity contribution in [3.63, 3.8) is 0 Å². The van der Waals surface area contributed by atoms with Crippen molar-refractivity contribution >= 4 is 55.1 Å². The molecular weight excluding hydrogens is 476 g/mol. The second-order valence-electron chi connectivity index (χ2n) is 5.14. The number of benzene rings is 2. The van der Waals surface area contributed by atoms with Crippen LogP contribution in [0.15, 0.2) is 39.3 Å². The number of nitro benzene ring substituents is 1. The summed E-state index contributed by atoms with van der Waals surface area (Å²) in [7, 11) is 0. The predicted octanol–water partition coefficient (Wildman–Crippen LogP) is 3.93. The lowest BCUT2D eigenvalue weighted by molar-refractivity contribution is -0.385. The number of phenolic OH excluding ortho intramolecular Hbond substituents is 1. The summed E-state index contributed by atoms with van der Waals surface area (Å²) in [6.45, 7) is 1.03. The molecule has 10 heteroatoms. The summed E-state index contributed by atoms with van der Waals surface area (Å²) in [5.74, 6) is -1.71. The zero-order valence-corrected chi connectivity index (χ0v) is 16.5. The number of carbonyl (C=O) groups is 2. The third kappa shape index (κ3) is 4.58. The van der Waals surface area contributed by atoms with Gasteiger partial charge in [0.1, 0.15) is 11.3 Å². The molecule has 0 aliphatic heterocycles. The van der Waals surface area contributed by atoms with E-state index in [1.165, 1.54) is 18.2 Å². The Balaban J connectivity index is 2.04. The number of ether oxygens (including phenoxy) is 1. The lowest BCUT2D eigenvalue weighted by atomic mass is 10.1. The summed E-state index contributed by atoms with van der Waals surface area (Å²) < 4.78 is 5.46. The number of carbonyl (C=O) groups excluding carboxylic acids is 2. The van der Waals surface area contributed by atoms with Crippen LogP contribution in [0.25, 0.3) is 0 Å². The fourth-order valence-corrected chi connectivity index (χ4v) is 3.35. The van der Waals surface area contributed by atoms with Gasteiger partial charge in [0.25, 0.3) is 11.6 Å². The minimum atomic E-state index is -0.844. The molecule has 1 amide bonds. The first-order valence-electron chi connectivity index (χ1n) is 7.09. The zero-order valence-electron chi connectivity index (χ0n) is 13.3. The minimum absolute atomic E-state index is 0.0458. The van der Waals surface area contributed by atoms with Gasteiger partial charge in [-0.1, -0.05) is 12.1 Å². The molecule has 0 radical (unpaired) electrons. The molecule has 0 spiro atoms. The van der Waals surface area contributed by atoms with Crippen LogP contribution >= 0.6 is 31.9 Å². The standard InChI is InChI=1S/C16H12Br2N2O6/c1-8-3-2-4-10(15(8)22)16(23)26-7-13(21)19-14-11(17)5-9(20(24)25)6-12(14)18/h2-6,22H,7H2,1H3,(H,19,21). The lowest BCUT2D eigenvalue weighted by Crippen LogP contribution is -2.21. The number of amides is 1. The van der Waals surface area contributed by atoms with E-state index in [-0.39, 0.29) is 31.6 Å². The highest BCUT2D eigenvalue weighted by Crippen LogP contribution is 2.35. The van der Waals surface area contributed by atoms with E-state index in [1.807, 2.05) is 0 Å². The summed E-state index contributed by atoms with van der Waals surface area (Å²) >= 11 is 6.28. The van der Waals surface area contributed by atoms with Crippen molar-refractivity contribution < 1.29 is 24.4 Å². The lowest BCUT2D eigenvalue weighted by Gasteiger charge is -2.11. The van der Waals surface area contributed by atoms with Crippen LogP contribution in [0.2, 0.25) is 0 Å². The molecule has 0 aromatic heterocycles. The van der Waals surface area contributed by atoms with Gasteiger partial charge in [0.05, 0.1) is 10.6 Å². The molecular formula is C16H12Br2N2O6. The van der Waals surface area contributed by atoms with Gasteiger partial charge in [-0.05, 0) is 50.4 Å². The van der Waals surface area contributed by atoms with E-state index in [9.17, 15) is 24.8 Å². The highest BCUT2D eigenvalue weighted by molar-refractivity contribution is 9.11. The summed E-state index contributed by atoms with van der Waals surface area (Å²) in [5, 5.41) is 23.1. The Morgan fingerprint density at radius 2 is 1.88 bits per heavy atom. The molecule has 0 fully saturated rings. The highest BCUT2D eigenvalue weighted by atomic mass is 79.9. The van der Waals surface area contributed by atoms with E-state index in [0.717, 1.165) is 0 Å². The van der Waals surface area contributed by atoms with Crippen LogP contribution in [-0.2, 0) is 9.53 Å². The zero-order chi connectivity index (χ0) is 19.4. The first kappa shape index (κ1) is 19.9. The maximum Gasteiger partial charge on any atom is 0.342 e. The number of anilines is 1. The monoisotopic (exact) mass is 486 g/mol. The number of halogens is 2. The summed E-state index contributed by atoms with van der Waals surface area (Å²) in [4.78, 5) is 34.2. The average molecular weight is 488 g/mol. The van der Waals surface area contributed by atoms with Crippen molar-refractivity contribution in [1.82, 2.24) is 0 Å². The maximum absolute atomic E-state index is 12.0. The topological polar surface area (TPSA) is 119 Å². The van der Waals surface area contributed by atoms with Crippen molar-refractivity contribution in [2.45, 2.75) is 6.92 Å². The number of phenols is 1. The van der Waals surface area contributed by atoms with Crippen molar-refractivity contribution in [2.75, 3.05) is 11.9 Å². The van der Waals surface area contributed by atoms with E-state index >= 15 is 0 Å². The molecule has 0 saturated carbocycles. The van der Waals surface area contributed by atoms with Gasteiger partial charge >= 0.3 is 5.97 Å². The molecule has 2 aromatic carbocycles. The molecule has 0 saturated heterocycles. The van der Waals surface area contributed by atoms with Gasteiger partial charge in [-0.15, -0.1) is 0 Å². The Labute approximate surface area is 164 Å². The Morgan fingerprint density at radius 3 is 2.46 bits per heavy atom. The van der Waals surface area contributed by atoms with Crippen LogP contribution in [0.5, 0.6) is 5.75 Å². The van der Waals surface area contributed by atoms with Gasteiger partial charge in [-0.25, -0.2) is 4.79 Å². The second kappa shape index (κ2) is 8.28. The van der Waals surface area contributed by atoms with Crippen molar-refractivity contribution in [2.24, 2.45) is 0 Å². The molecule has 0 aliphatic rings. The fraction of sp³-hybridized carbons (Fsp3) is 0.125. The minimum Gasteiger partial charge on any atom is -0.507 e. The molecule has 8 nitrogen and oxygen atoms in total. The molecule has 2 N–H and O–H groups in total. The summed E-state index contributed by atoms with van der Waals surface area (Å²) in [6.07, 6.45) is 0. The van der Waals surface area contributed by atoms with Crippen LogP contribution in [0.1, 0.15) is 15.9 Å². The number of nitrogens with zero attached hydrogens (tertiary/aromatic N) is 1. The molecule has 136 valence electrons. The SMILES string of the molecule is Cc1cccc(C(=O)OCC(=O)Nc2c(Br)cc([N+](=O)[O-])cc2Br)c1O. The number of non-ortho nitro benzene ring substituents is 1. The molecule has 26 heavy (non-hydrogen) atoms. The molecule has 0 atom stereocenters. The maximum atomic E-state index is 12.0. The molecule has 0 heterocycles. The molecule has 0 bridgehead atoms. The number of nitrogens with one attached hydrogen (secondary N) is 1. The van der Waals surface area contributed by atoms with Gasteiger partial charge < -0.3 is 15.2 Å². The Hall–Kier alpha value is -2.46. The summed E-state index contributed by atoms with van der Waals surface area (Å²) in [6, 6.07) is 7.06. The van der Waals surface area contributed by atoms with Crippen LogP contribution < -0.4 is 5.32 Å². The third-order valence-corrected chi connectivity index (χ3v) is 4.54. The number of rotatable bonds is 5. The summed E-state index contributed by atoms with van der Waals surface area (Å²) in [5.41, 5.74) is 0.552.